The van der Waals surface area contributed by atoms with Gasteiger partial charge in [0.15, 0.2) is 0 Å². The molecule has 0 amide bonds. The van der Waals surface area contributed by atoms with Crippen LogP contribution in [0.3, 0.4) is 0 Å². The quantitative estimate of drug-likeness (QED) is 0.351. The number of phosphoric acid groups is 1. The fourth-order valence-corrected chi connectivity index (χ4v) is 3.31. The van der Waals surface area contributed by atoms with Gasteiger partial charge in [-0.2, -0.15) is 0 Å². The first-order valence-electron chi connectivity index (χ1n) is 9.64. The number of benzene rings is 2. The summed E-state index contributed by atoms with van der Waals surface area (Å²) in [5, 5.41) is 12.6. The predicted molar refractivity (Wildman–Crippen MR) is 114 cm³/mol. The summed E-state index contributed by atoms with van der Waals surface area (Å²) in [7, 11) is -1.34. The summed E-state index contributed by atoms with van der Waals surface area (Å²) in [6.45, 7) is -0.0499. The van der Waals surface area contributed by atoms with Crippen molar-refractivity contribution in [3.63, 3.8) is 0 Å². The summed E-state index contributed by atoms with van der Waals surface area (Å²) >= 11 is 0. The van der Waals surface area contributed by atoms with Crippen LogP contribution in [-0.4, -0.2) is 54.4 Å². The first-order chi connectivity index (χ1) is 14.3. The van der Waals surface area contributed by atoms with Crippen LogP contribution >= 0.6 is 7.82 Å². The van der Waals surface area contributed by atoms with E-state index in [-0.39, 0.29) is 13.2 Å². The van der Waals surface area contributed by atoms with Gasteiger partial charge in [-0.15, -0.1) is 0 Å². The van der Waals surface area contributed by atoms with Gasteiger partial charge in [-0.1, -0.05) is 24.3 Å². The molecule has 0 aliphatic rings. The summed E-state index contributed by atoms with van der Waals surface area (Å²) in [4.78, 5) is 17.8. The Bertz CT molecular complexity index is 801. The zero-order valence-electron chi connectivity index (χ0n) is 17.3. The molecule has 0 radical (unpaired) electrons. The van der Waals surface area contributed by atoms with E-state index in [1.54, 1.807) is 14.2 Å². The lowest BCUT2D eigenvalue weighted by Gasteiger charge is -2.31. The van der Waals surface area contributed by atoms with Gasteiger partial charge < -0.3 is 29.7 Å². The molecule has 0 bridgehead atoms. The van der Waals surface area contributed by atoms with Crippen molar-refractivity contribution in [2.24, 2.45) is 0 Å². The van der Waals surface area contributed by atoms with Crippen LogP contribution in [0.15, 0.2) is 48.5 Å². The lowest BCUT2D eigenvalue weighted by Crippen LogP contribution is -2.50. The van der Waals surface area contributed by atoms with E-state index < -0.39 is 13.4 Å². The second-order valence-electron chi connectivity index (χ2n) is 7.04. The molecule has 0 unspecified atom stereocenters. The number of rotatable bonds is 13. The van der Waals surface area contributed by atoms with Gasteiger partial charge in [-0.25, -0.2) is 4.57 Å². The highest BCUT2D eigenvalue weighted by molar-refractivity contribution is 7.46. The molecule has 0 spiro atoms. The molecule has 166 valence electrons. The minimum atomic E-state index is -4.60. The lowest BCUT2D eigenvalue weighted by molar-refractivity contribution is 0.0820. The minimum absolute atomic E-state index is 0.295. The van der Waals surface area contributed by atoms with Crippen molar-refractivity contribution in [3.8, 4) is 11.5 Å². The lowest BCUT2D eigenvalue weighted by atomic mass is 9.93. The number of aliphatic hydroxyl groups is 1. The van der Waals surface area contributed by atoms with Gasteiger partial charge in [0.2, 0.25) is 0 Å². The highest BCUT2D eigenvalue weighted by Crippen LogP contribution is 2.37. The van der Waals surface area contributed by atoms with Crippen LogP contribution < -0.4 is 14.8 Å². The standard InChI is InChI=1S/C21H30NO7P/c1-22-21(15-23,16-29-30(24,25)26)13-11-17-5-9-20(10-6-17)28-14-12-18-3-7-19(27-2)8-4-18/h3-10,22-23H,11-16H2,1-2H3,(H2,24,25,26)/t21-/m1/s1. The van der Waals surface area contributed by atoms with Gasteiger partial charge in [0.05, 0.1) is 32.5 Å². The Morgan fingerprint density at radius 2 is 1.53 bits per heavy atom. The van der Waals surface area contributed by atoms with Gasteiger partial charge in [-0.05, 0) is 55.3 Å². The zero-order valence-corrected chi connectivity index (χ0v) is 18.2. The van der Waals surface area contributed by atoms with Crippen LogP contribution in [0.1, 0.15) is 17.5 Å². The zero-order chi connectivity index (χ0) is 22.0. The molecule has 0 aromatic heterocycles. The van der Waals surface area contributed by atoms with Gasteiger partial charge in [0.1, 0.15) is 11.5 Å². The monoisotopic (exact) mass is 439 g/mol. The topological polar surface area (TPSA) is 117 Å². The average molecular weight is 439 g/mol. The summed E-state index contributed by atoms with van der Waals surface area (Å²) in [5.41, 5.74) is 1.24. The Labute approximate surface area is 177 Å². The highest BCUT2D eigenvalue weighted by Gasteiger charge is 2.31. The van der Waals surface area contributed by atoms with Crippen molar-refractivity contribution in [3.05, 3.63) is 59.7 Å². The third-order valence-corrected chi connectivity index (χ3v) is 5.44. The smallest absolute Gasteiger partial charge is 0.469 e. The molecule has 0 fully saturated rings. The van der Waals surface area contributed by atoms with Crippen molar-refractivity contribution in [1.82, 2.24) is 5.32 Å². The fraction of sp³-hybridized carbons (Fsp3) is 0.429. The Kier molecular flexibility index (Phi) is 9.30. The van der Waals surface area contributed by atoms with E-state index in [2.05, 4.69) is 9.84 Å². The number of methoxy groups -OCH3 is 1. The number of likely N-dealkylation sites (N-methyl/N-ethyl adjacent to an activating group) is 1. The predicted octanol–water partition coefficient (Wildman–Crippen LogP) is 2.31. The van der Waals surface area contributed by atoms with E-state index in [4.69, 9.17) is 19.3 Å². The fourth-order valence-electron chi connectivity index (χ4n) is 2.90. The summed E-state index contributed by atoms with van der Waals surface area (Å²) < 4.78 is 26.5. The second-order valence-corrected chi connectivity index (χ2v) is 8.28. The molecular formula is C21H30NO7P. The SMILES string of the molecule is CN[C@@](CO)(CCc1ccc(OCCc2ccc(OC)cc2)cc1)COP(=O)(O)O. The van der Waals surface area contributed by atoms with Crippen LogP contribution in [0.4, 0.5) is 0 Å². The number of phosphoric ester groups is 1. The number of aliphatic hydroxyl groups excluding tert-OH is 1. The van der Waals surface area contributed by atoms with Crippen LogP contribution in [0.2, 0.25) is 0 Å². The molecule has 1 atom stereocenters. The maximum absolute atomic E-state index is 11.0. The van der Waals surface area contributed by atoms with E-state index >= 15 is 0 Å². The molecule has 4 N–H and O–H groups in total. The van der Waals surface area contributed by atoms with Crippen LogP contribution in [0.25, 0.3) is 0 Å². The molecule has 0 saturated heterocycles. The van der Waals surface area contributed by atoms with E-state index in [0.29, 0.717) is 19.4 Å². The Morgan fingerprint density at radius 1 is 0.967 bits per heavy atom. The summed E-state index contributed by atoms with van der Waals surface area (Å²) in [6, 6.07) is 15.5. The first kappa shape index (κ1) is 24.3. The van der Waals surface area contributed by atoms with Crippen molar-refractivity contribution < 1.29 is 33.5 Å². The van der Waals surface area contributed by atoms with Crippen LogP contribution in [-0.2, 0) is 21.9 Å². The third kappa shape index (κ3) is 8.07. The average Bonchev–Trinajstić information content (AvgIpc) is 2.75. The molecule has 0 aliphatic heterocycles. The normalized spacial score (nSPS) is 13.6. The third-order valence-electron chi connectivity index (χ3n) is 4.98. The molecule has 2 rings (SSSR count). The number of nitrogens with one attached hydrogen (secondary N) is 1. The largest absolute Gasteiger partial charge is 0.497 e. The maximum atomic E-state index is 11.0. The number of aryl methyl sites for hydroxylation is 1. The summed E-state index contributed by atoms with van der Waals surface area (Å²) in [5.74, 6) is 1.59. The molecular weight excluding hydrogens is 409 g/mol. The maximum Gasteiger partial charge on any atom is 0.469 e. The Morgan fingerprint density at radius 3 is 2.03 bits per heavy atom. The Hall–Kier alpha value is -1.93. The van der Waals surface area contributed by atoms with Gasteiger partial charge in [0.25, 0.3) is 0 Å². The minimum Gasteiger partial charge on any atom is -0.497 e. The molecule has 2 aromatic rings. The molecule has 0 aliphatic carbocycles. The van der Waals surface area contributed by atoms with Crippen LogP contribution in [0.5, 0.6) is 11.5 Å². The van der Waals surface area contributed by atoms with Gasteiger partial charge in [-0.3, -0.25) is 4.52 Å². The molecule has 9 heteroatoms. The summed E-state index contributed by atoms with van der Waals surface area (Å²) in [6.07, 6.45) is 1.82. The van der Waals surface area contributed by atoms with E-state index in [9.17, 15) is 9.67 Å². The van der Waals surface area contributed by atoms with Gasteiger partial charge >= 0.3 is 7.82 Å². The number of ether oxygens (including phenoxy) is 2. The van der Waals surface area contributed by atoms with Crippen molar-refractivity contribution >= 4 is 7.82 Å². The van der Waals surface area contributed by atoms with Gasteiger partial charge in [0, 0.05) is 6.42 Å². The molecule has 8 nitrogen and oxygen atoms in total. The van der Waals surface area contributed by atoms with Crippen molar-refractivity contribution in [1.29, 1.82) is 0 Å². The van der Waals surface area contributed by atoms with Crippen LogP contribution in [0, 0.1) is 0 Å². The van der Waals surface area contributed by atoms with E-state index in [1.165, 1.54) is 0 Å². The van der Waals surface area contributed by atoms with E-state index in [1.807, 2.05) is 48.5 Å². The molecule has 30 heavy (non-hydrogen) atoms. The molecule has 0 saturated carbocycles. The second kappa shape index (κ2) is 11.5. The van der Waals surface area contributed by atoms with E-state index in [0.717, 1.165) is 29.0 Å². The first-order valence-corrected chi connectivity index (χ1v) is 11.2. The molecule has 2 aromatic carbocycles. The van der Waals surface area contributed by atoms with Crippen molar-refractivity contribution in [2.45, 2.75) is 24.8 Å². The highest BCUT2D eigenvalue weighted by atomic mass is 31.2. The number of hydrogen-bond acceptors (Lipinski definition) is 6. The molecule has 0 heterocycles. The Balaban J connectivity index is 1.83. The van der Waals surface area contributed by atoms with Crippen molar-refractivity contribution in [2.75, 3.05) is 34.0 Å². The number of hydrogen-bond donors (Lipinski definition) is 4.